The van der Waals surface area contributed by atoms with E-state index in [1.165, 1.54) is 0 Å². The molecule has 0 aromatic heterocycles. The van der Waals surface area contributed by atoms with Crippen LogP contribution in [0.15, 0.2) is 60.7 Å². The van der Waals surface area contributed by atoms with Gasteiger partial charge in [-0.3, -0.25) is 0 Å². The van der Waals surface area contributed by atoms with Crippen LogP contribution in [-0.2, 0) is 12.8 Å². The molecule has 2 aromatic rings. The fraction of sp³-hybridized carbons (Fsp3) is 0.333. The number of benzene rings is 2. The number of hydrogen-bond acceptors (Lipinski definition) is 4. The average Bonchev–Trinajstić information content (AvgIpc) is 2.55. The second kappa shape index (κ2) is 8.06. The summed E-state index contributed by atoms with van der Waals surface area (Å²) in [5, 5.41) is 20.5. The van der Waals surface area contributed by atoms with E-state index in [-0.39, 0.29) is 0 Å². The van der Waals surface area contributed by atoms with Gasteiger partial charge in [0.05, 0.1) is 12.2 Å². The van der Waals surface area contributed by atoms with Crippen molar-refractivity contribution in [2.45, 2.75) is 37.1 Å². The molecule has 0 aliphatic carbocycles. The summed E-state index contributed by atoms with van der Waals surface area (Å²) in [6.07, 6.45) is -1.12. The zero-order valence-corrected chi connectivity index (χ0v) is 12.5. The smallest absolute Gasteiger partial charge is 0.0968 e. The van der Waals surface area contributed by atoms with Crippen LogP contribution in [-0.4, -0.2) is 34.5 Å². The Morgan fingerprint density at radius 2 is 0.955 bits per heavy atom. The van der Waals surface area contributed by atoms with Gasteiger partial charge in [0, 0.05) is 12.1 Å². The summed E-state index contributed by atoms with van der Waals surface area (Å²) in [5.74, 6) is 0. The van der Waals surface area contributed by atoms with Crippen LogP contribution in [0.3, 0.4) is 0 Å². The molecule has 0 fully saturated rings. The van der Waals surface area contributed by atoms with Gasteiger partial charge in [0.1, 0.15) is 0 Å². The number of hydrogen-bond donors (Lipinski definition) is 4. The largest absolute Gasteiger partial charge is 0.389 e. The first-order valence-electron chi connectivity index (χ1n) is 7.53. The minimum atomic E-state index is -1.06. The van der Waals surface area contributed by atoms with Crippen LogP contribution in [0.2, 0.25) is 0 Å². The molecule has 6 N–H and O–H groups in total. The van der Waals surface area contributed by atoms with Crippen molar-refractivity contribution in [2.75, 3.05) is 0 Å². The van der Waals surface area contributed by atoms with Crippen molar-refractivity contribution in [1.82, 2.24) is 0 Å². The van der Waals surface area contributed by atoms with Crippen LogP contribution in [0.4, 0.5) is 0 Å². The van der Waals surface area contributed by atoms with Gasteiger partial charge < -0.3 is 21.7 Å². The summed E-state index contributed by atoms with van der Waals surface area (Å²) in [7, 11) is 0. The molecule has 4 heteroatoms. The third-order valence-corrected chi connectivity index (χ3v) is 3.86. The first-order valence-corrected chi connectivity index (χ1v) is 7.53. The maximum atomic E-state index is 10.2. The minimum absolute atomic E-state index is 0.497. The highest BCUT2D eigenvalue weighted by molar-refractivity contribution is 5.18. The predicted octanol–water partition coefficient (Wildman–Crippen LogP) is 0.848. The quantitative estimate of drug-likeness (QED) is 0.610. The van der Waals surface area contributed by atoms with Gasteiger partial charge in [-0.15, -0.1) is 0 Å². The van der Waals surface area contributed by atoms with E-state index in [2.05, 4.69) is 0 Å². The predicted molar refractivity (Wildman–Crippen MR) is 88.3 cm³/mol. The van der Waals surface area contributed by atoms with Crippen molar-refractivity contribution in [1.29, 1.82) is 0 Å². The number of aliphatic hydroxyl groups excluding tert-OH is 2. The van der Waals surface area contributed by atoms with Crippen LogP contribution in [0.25, 0.3) is 0 Å². The van der Waals surface area contributed by atoms with E-state index in [4.69, 9.17) is 11.5 Å². The average molecular weight is 300 g/mol. The van der Waals surface area contributed by atoms with E-state index in [0.29, 0.717) is 12.8 Å². The molecular weight excluding hydrogens is 276 g/mol. The van der Waals surface area contributed by atoms with Gasteiger partial charge in [-0.25, -0.2) is 0 Å². The van der Waals surface area contributed by atoms with E-state index < -0.39 is 24.3 Å². The molecule has 0 spiro atoms. The Labute approximate surface area is 131 Å². The van der Waals surface area contributed by atoms with E-state index in [1.807, 2.05) is 60.7 Å². The third-order valence-electron chi connectivity index (χ3n) is 3.86. The van der Waals surface area contributed by atoms with Gasteiger partial charge in [0.15, 0.2) is 0 Å². The lowest BCUT2D eigenvalue weighted by Gasteiger charge is -2.28. The molecule has 0 heterocycles. The van der Waals surface area contributed by atoms with Gasteiger partial charge in [0.25, 0.3) is 0 Å². The SMILES string of the molecule is N[C@@H](Cc1ccccc1)[C@H](O)[C@@H](O)[C@@H](N)Cc1ccccc1. The Bertz CT molecular complexity index is 496. The molecule has 0 amide bonds. The molecular formula is C18H24N2O2. The van der Waals surface area contributed by atoms with Crippen LogP contribution >= 0.6 is 0 Å². The zero-order chi connectivity index (χ0) is 15.9. The maximum Gasteiger partial charge on any atom is 0.0968 e. The molecule has 0 aliphatic rings. The van der Waals surface area contributed by atoms with Gasteiger partial charge in [-0.05, 0) is 24.0 Å². The van der Waals surface area contributed by atoms with Crippen molar-refractivity contribution < 1.29 is 10.2 Å². The van der Waals surface area contributed by atoms with E-state index in [9.17, 15) is 10.2 Å². The summed E-state index contributed by atoms with van der Waals surface area (Å²) >= 11 is 0. The van der Waals surface area contributed by atoms with Gasteiger partial charge in [-0.2, -0.15) is 0 Å². The van der Waals surface area contributed by atoms with Crippen molar-refractivity contribution in [3.8, 4) is 0 Å². The van der Waals surface area contributed by atoms with E-state index in [0.717, 1.165) is 11.1 Å². The lowest BCUT2D eigenvalue weighted by atomic mass is 9.92. The Balaban J connectivity index is 1.91. The lowest BCUT2D eigenvalue weighted by Crippen LogP contribution is -2.52. The summed E-state index contributed by atoms with van der Waals surface area (Å²) < 4.78 is 0. The van der Waals surface area contributed by atoms with Crippen molar-refractivity contribution in [3.63, 3.8) is 0 Å². The molecule has 4 nitrogen and oxygen atoms in total. The molecule has 0 aliphatic heterocycles. The van der Waals surface area contributed by atoms with Gasteiger partial charge in [-0.1, -0.05) is 60.7 Å². The monoisotopic (exact) mass is 300 g/mol. The summed E-state index contributed by atoms with van der Waals surface area (Å²) in [6, 6.07) is 18.2. The molecule has 0 bridgehead atoms. The number of nitrogens with two attached hydrogens (primary N) is 2. The fourth-order valence-corrected chi connectivity index (χ4v) is 2.52. The number of aliphatic hydroxyl groups is 2. The Hall–Kier alpha value is -1.72. The molecule has 118 valence electrons. The summed E-state index contributed by atoms with van der Waals surface area (Å²) in [6.45, 7) is 0. The molecule has 4 atom stereocenters. The standard InChI is InChI=1S/C18H24N2O2/c19-15(11-13-7-3-1-4-8-13)17(21)18(22)16(20)12-14-9-5-2-6-10-14/h1-10,15-18,21-22H,11-12,19-20H2/t15-,16-,17-,18-/m0/s1. The lowest BCUT2D eigenvalue weighted by molar-refractivity contribution is -0.00975. The van der Waals surface area contributed by atoms with Gasteiger partial charge in [0.2, 0.25) is 0 Å². The molecule has 0 saturated heterocycles. The molecule has 2 rings (SSSR count). The Morgan fingerprint density at radius 3 is 1.27 bits per heavy atom. The van der Waals surface area contributed by atoms with Crippen molar-refractivity contribution in [3.05, 3.63) is 71.8 Å². The van der Waals surface area contributed by atoms with Crippen molar-refractivity contribution in [2.24, 2.45) is 11.5 Å². The highest BCUT2D eigenvalue weighted by atomic mass is 16.3. The normalized spacial score (nSPS) is 16.7. The molecule has 0 unspecified atom stereocenters. The fourth-order valence-electron chi connectivity index (χ4n) is 2.52. The maximum absolute atomic E-state index is 10.2. The van der Waals surface area contributed by atoms with Gasteiger partial charge >= 0.3 is 0 Å². The van der Waals surface area contributed by atoms with E-state index >= 15 is 0 Å². The minimum Gasteiger partial charge on any atom is -0.389 e. The molecule has 0 saturated carbocycles. The summed E-state index contributed by atoms with van der Waals surface area (Å²) in [4.78, 5) is 0. The van der Waals surface area contributed by atoms with Crippen LogP contribution in [0, 0.1) is 0 Å². The first-order chi connectivity index (χ1) is 10.6. The highest BCUT2D eigenvalue weighted by Gasteiger charge is 2.28. The zero-order valence-electron chi connectivity index (χ0n) is 12.5. The third kappa shape index (κ3) is 4.64. The van der Waals surface area contributed by atoms with Crippen LogP contribution in [0.5, 0.6) is 0 Å². The molecule has 2 aromatic carbocycles. The Morgan fingerprint density at radius 1 is 0.636 bits per heavy atom. The molecule has 0 radical (unpaired) electrons. The van der Waals surface area contributed by atoms with E-state index in [1.54, 1.807) is 0 Å². The van der Waals surface area contributed by atoms with Crippen LogP contribution in [0.1, 0.15) is 11.1 Å². The first kappa shape index (κ1) is 16.6. The molecule has 22 heavy (non-hydrogen) atoms. The second-order valence-corrected chi connectivity index (χ2v) is 5.69. The van der Waals surface area contributed by atoms with Crippen LogP contribution < -0.4 is 11.5 Å². The number of rotatable bonds is 7. The summed E-state index contributed by atoms with van der Waals surface area (Å²) in [5.41, 5.74) is 14.1. The topological polar surface area (TPSA) is 92.5 Å². The van der Waals surface area contributed by atoms with Crippen molar-refractivity contribution >= 4 is 0 Å². The second-order valence-electron chi connectivity index (χ2n) is 5.69. The Kier molecular flexibility index (Phi) is 6.10. The highest BCUT2D eigenvalue weighted by Crippen LogP contribution is 2.11.